The van der Waals surface area contributed by atoms with Gasteiger partial charge in [0, 0.05) is 28.9 Å². The molecule has 5 rings (SSSR count). The van der Waals surface area contributed by atoms with Crippen LogP contribution in [-0.2, 0) is 24.7 Å². The maximum absolute atomic E-state index is 13.1. The molecule has 0 radical (unpaired) electrons. The fourth-order valence-corrected chi connectivity index (χ4v) is 6.24. The Morgan fingerprint density at radius 2 is 1.59 bits per heavy atom. The second-order valence-corrected chi connectivity index (χ2v) is 13.7. The third-order valence-corrected chi connectivity index (χ3v) is 9.61. The van der Waals surface area contributed by atoms with Gasteiger partial charge in [-0.1, -0.05) is 37.1 Å². The predicted octanol–water partition coefficient (Wildman–Crippen LogP) is 5.17. The topological polar surface area (TPSA) is 186 Å². The fraction of sp³-hybridized carbons (Fsp3) is 0.472. The highest BCUT2D eigenvalue weighted by Gasteiger charge is 2.45. The second kappa shape index (κ2) is 17.8. The van der Waals surface area contributed by atoms with E-state index in [9.17, 15) is 32.3 Å². The molecule has 0 spiro atoms. The van der Waals surface area contributed by atoms with Crippen LogP contribution in [0.25, 0.3) is 0 Å². The number of rotatable bonds is 15. The fourth-order valence-electron chi connectivity index (χ4n) is 6.12. The largest absolute Gasteiger partial charge is 0.467 e. The summed E-state index contributed by atoms with van der Waals surface area (Å²) in [6, 6.07) is 11.3. The molecule has 18 heteroatoms. The Hall–Kier alpha value is -5.19. The molecule has 2 aliphatic carbocycles. The van der Waals surface area contributed by atoms with Gasteiger partial charge in [0.15, 0.2) is 6.61 Å². The van der Waals surface area contributed by atoms with Gasteiger partial charge in [-0.15, -0.1) is 0 Å². The van der Waals surface area contributed by atoms with Gasteiger partial charge in [0.05, 0.1) is 12.6 Å². The van der Waals surface area contributed by atoms with Gasteiger partial charge in [-0.2, -0.15) is 28.1 Å². The Kier molecular flexibility index (Phi) is 13.2. The zero-order valence-electron chi connectivity index (χ0n) is 29.7. The minimum atomic E-state index is -4.63. The molecule has 0 unspecified atom stereocenters. The summed E-state index contributed by atoms with van der Waals surface area (Å²) in [5, 5.41) is 14.5. The molecular weight excluding hydrogens is 733 g/mol. The normalized spacial score (nSPS) is 18.0. The number of ether oxygens (including phenoxy) is 2. The van der Waals surface area contributed by atoms with Crippen LogP contribution >= 0.6 is 11.6 Å². The summed E-state index contributed by atoms with van der Waals surface area (Å²) >= 11 is 6.03. The number of carbonyl (C=O) groups excluding carboxylic acids is 4. The van der Waals surface area contributed by atoms with Crippen molar-refractivity contribution in [1.82, 2.24) is 30.9 Å². The quantitative estimate of drug-likeness (QED) is 0.101. The minimum absolute atomic E-state index is 0.0203. The van der Waals surface area contributed by atoms with Crippen molar-refractivity contribution < 1.29 is 41.8 Å². The third kappa shape index (κ3) is 11.4. The van der Waals surface area contributed by atoms with Gasteiger partial charge >= 0.3 is 30.0 Å². The standard InChI is InChI=1S/C36H42ClF3N8O6/c1-3-21-4-12-25(13-5-21)42-30(51)29(50)41-19-16-27(31(52)53-2)44-28(49)22-6-14-26(15-7-22)43-32-45-33(47-34(46-32)54-20-36(38,39)40)48-35(17-18-35)23-8-10-24(37)11-9-23/h6-11,14-15,21,25,27H,3-5,12-13,16-20H2,1-2H3,(H,41,50)(H,42,51)(H,44,49)(H2,43,45,46,47,48)/t21?,25?,27-/m0/s1. The highest BCUT2D eigenvalue weighted by atomic mass is 35.5. The average Bonchev–Trinajstić information content (AvgIpc) is 3.93. The lowest BCUT2D eigenvalue weighted by Crippen LogP contribution is -2.47. The van der Waals surface area contributed by atoms with Crippen LogP contribution < -0.4 is 31.3 Å². The van der Waals surface area contributed by atoms with Crippen LogP contribution in [0.5, 0.6) is 6.01 Å². The molecule has 1 atom stereocenters. The number of amides is 3. The summed E-state index contributed by atoms with van der Waals surface area (Å²) in [6.45, 7) is 0.436. The van der Waals surface area contributed by atoms with Gasteiger partial charge in [0.2, 0.25) is 11.9 Å². The molecule has 2 aromatic carbocycles. The number of nitrogens with one attached hydrogen (secondary N) is 5. The minimum Gasteiger partial charge on any atom is -0.467 e. The van der Waals surface area contributed by atoms with Crippen molar-refractivity contribution in [2.75, 3.05) is 30.9 Å². The molecule has 3 aromatic rings. The summed E-state index contributed by atoms with van der Waals surface area (Å²) in [5.74, 6) is -2.47. The number of hydrogen-bond acceptors (Lipinski definition) is 11. The van der Waals surface area contributed by atoms with E-state index in [1.165, 1.54) is 24.3 Å². The number of aromatic nitrogens is 3. The molecular formula is C36H42ClF3N8O6. The highest BCUT2D eigenvalue weighted by Crippen LogP contribution is 2.48. The maximum Gasteiger partial charge on any atom is 0.422 e. The molecule has 2 fully saturated rings. The lowest BCUT2D eigenvalue weighted by molar-refractivity contribution is -0.154. The van der Waals surface area contributed by atoms with Crippen LogP contribution in [0.3, 0.4) is 0 Å². The van der Waals surface area contributed by atoms with E-state index in [1.54, 1.807) is 12.1 Å². The summed E-state index contributed by atoms with van der Waals surface area (Å²) in [6.07, 6.45) is 1.47. The highest BCUT2D eigenvalue weighted by molar-refractivity contribution is 6.35. The van der Waals surface area contributed by atoms with E-state index < -0.39 is 54.1 Å². The molecule has 1 heterocycles. The lowest BCUT2D eigenvalue weighted by Gasteiger charge is -2.28. The first-order chi connectivity index (χ1) is 25.8. The monoisotopic (exact) mass is 774 g/mol. The number of nitrogens with zero attached hydrogens (tertiary/aromatic N) is 3. The van der Waals surface area contributed by atoms with Crippen LogP contribution in [0.4, 0.5) is 30.8 Å². The van der Waals surface area contributed by atoms with Crippen molar-refractivity contribution in [2.45, 2.75) is 82.1 Å². The second-order valence-electron chi connectivity index (χ2n) is 13.3. The summed E-state index contributed by atoms with van der Waals surface area (Å²) in [5.41, 5.74) is 0.874. The van der Waals surface area contributed by atoms with Crippen molar-refractivity contribution in [3.63, 3.8) is 0 Å². The van der Waals surface area contributed by atoms with Gasteiger partial charge in [-0.25, -0.2) is 4.79 Å². The Balaban J connectivity index is 1.18. The van der Waals surface area contributed by atoms with Crippen LogP contribution in [0.2, 0.25) is 5.02 Å². The molecule has 54 heavy (non-hydrogen) atoms. The van der Waals surface area contributed by atoms with Crippen LogP contribution in [0.1, 0.15) is 74.2 Å². The van der Waals surface area contributed by atoms with E-state index in [1.807, 2.05) is 12.1 Å². The molecule has 0 saturated heterocycles. The molecule has 2 aliphatic rings. The zero-order chi connectivity index (χ0) is 38.9. The van der Waals surface area contributed by atoms with Gasteiger partial charge in [0.1, 0.15) is 6.04 Å². The molecule has 290 valence electrons. The molecule has 3 amide bonds. The number of methoxy groups -OCH3 is 1. The average molecular weight is 775 g/mol. The van der Waals surface area contributed by atoms with Crippen molar-refractivity contribution in [3.05, 3.63) is 64.7 Å². The zero-order valence-corrected chi connectivity index (χ0v) is 30.5. The van der Waals surface area contributed by atoms with Crippen molar-refractivity contribution in [3.8, 4) is 6.01 Å². The van der Waals surface area contributed by atoms with Gasteiger partial charge in [-0.3, -0.25) is 14.4 Å². The van der Waals surface area contributed by atoms with E-state index in [0.29, 0.717) is 29.5 Å². The van der Waals surface area contributed by atoms with Gasteiger partial charge in [0.25, 0.3) is 5.91 Å². The first kappa shape index (κ1) is 40.0. The van der Waals surface area contributed by atoms with E-state index in [0.717, 1.165) is 44.8 Å². The SMILES string of the molecule is CCC1CCC(NC(=O)C(=O)NCC[C@H](NC(=O)c2ccc(Nc3nc(NC4(c5ccc(Cl)cc5)CC4)nc(OCC(F)(F)F)n3)cc2)C(=O)OC)CC1. The number of benzene rings is 2. The predicted molar refractivity (Wildman–Crippen MR) is 192 cm³/mol. The summed E-state index contributed by atoms with van der Waals surface area (Å²) in [4.78, 5) is 62.7. The number of esters is 1. The Bertz CT molecular complexity index is 1790. The number of carbonyl (C=O) groups is 4. The molecule has 14 nitrogen and oxygen atoms in total. The van der Waals surface area contributed by atoms with E-state index in [4.69, 9.17) is 21.1 Å². The lowest BCUT2D eigenvalue weighted by atomic mass is 9.84. The number of halogens is 4. The Labute approximate surface area is 314 Å². The van der Waals surface area contributed by atoms with Crippen LogP contribution in [0, 0.1) is 5.92 Å². The van der Waals surface area contributed by atoms with Crippen LogP contribution in [-0.4, -0.2) is 77.2 Å². The maximum atomic E-state index is 13.1. The van der Waals surface area contributed by atoms with Crippen LogP contribution in [0.15, 0.2) is 48.5 Å². The first-order valence-electron chi connectivity index (χ1n) is 17.6. The number of alkyl halides is 3. The van der Waals surface area contributed by atoms with Crippen molar-refractivity contribution in [1.29, 1.82) is 0 Å². The first-order valence-corrected chi connectivity index (χ1v) is 18.0. The van der Waals surface area contributed by atoms with Crippen molar-refractivity contribution >= 4 is 52.9 Å². The third-order valence-electron chi connectivity index (χ3n) is 9.36. The molecule has 5 N–H and O–H groups in total. The molecule has 0 bridgehead atoms. The number of hydrogen-bond donors (Lipinski definition) is 5. The Morgan fingerprint density at radius 1 is 0.926 bits per heavy atom. The molecule has 2 saturated carbocycles. The Morgan fingerprint density at radius 3 is 2.20 bits per heavy atom. The van der Waals surface area contributed by atoms with Gasteiger partial charge < -0.3 is 36.1 Å². The molecule has 0 aliphatic heterocycles. The number of anilines is 3. The summed E-state index contributed by atoms with van der Waals surface area (Å²) < 4.78 is 48.5. The summed E-state index contributed by atoms with van der Waals surface area (Å²) in [7, 11) is 1.16. The van der Waals surface area contributed by atoms with E-state index >= 15 is 0 Å². The van der Waals surface area contributed by atoms with Gasteiger partial charge in [-0.05, 0) is 92.8 Å². The molecule has 1 aromatic heterocycles. The van der Waals surface area contributed by atoms with Crippen molar-refractivity contribution in [2.24, 2.45) is 5.92 Å². The smallest absolute Gasteiger partial charge is 0.422 e. The van der Waals surface area contributed by atoms with E-state index in [2.05, 4.69) is 48.5 Å². The van der Waals surface area contributed by atoms with E-state index in [-0.39, 0.29) is 36.5 Å².